The maximum absolute atomic E-state index is 5.47. The topological polar surface area (TPSA) is 37.5 Å². The van der Waals surface area contributed by atoms with E-state index in [0.717, 1.165) is 17.1 Å². The molecule has 3 aromatic rings. The van der Waals surface area contributed by atoms with Crippen LogP contribution in [0.25, 0.3) is 17.1 Å². The Balaban J connectivity index is 2.28. The van der Waals surface area contributed by atoms with Gasteiger partial charge in [-0.25, -0.2) is 0 Å². The summed E-state index contributed by atoms with van der Waals surface area (Å²) >= 11 is 5.47. The lowest BCUT2D eigenvalue weighted by atomic mass is 10.2. The Kier molecular flexibility index (Phi) is 2.97. The van der Waals surface area contributed by atoms with Gasteiger partial charge in [-0.2, -0.15) is 9.67 Å². The van der Waals surface area contributed by atoms with E-state index in [1.54, 1.807) is 6.20 Å². The van der Waals surface area contributed by atoms with Crippen LogP contribution in [0.1, 0.15) is 0 Å². The third-order valence-corrected chi connectivity index (χ3v) is 3.38. The molecule has 0 aliphatic carbocycles. The van der Waals surface area contributed by atoms with Crippen molar-refractivity contribution in [3.8, 4) is 17.1 Å². The first-order valence-electron chi connectivity index (χ1n) is 5.94. The summed E-state index contributed by atoms with van der Waals surface area (Å²) in [5, 5.41) is 3.26. The van der Waals surface area contributed by atoms with E-state index in [0.29, 0.717) is 4.77 Å². The van der Waals surface area contributed by atoms with Gasteiger partial charge in [-0.05, 0) is 36.5 Å². The van der Waals surface area contributed by atoms with Crippen LogP contribution in [0.2, 0.25) is 0 Å². The zero-order valence-electron chi connectivity index (χ0n) is 10.4. The zero-order valence-corrected chi connectivity index (χ0v) is 11.3. The Morgan fingerprint density at radius 2 is 1.95 bits per heavy atom. The highest BCUT2D eigenvalue weighted by atomic mass is 32.1. The summed E-state index contributed by atoms with van der Waals surface area (Å²) in [5.41, 5.74) is 2.03. The van der Waals surface area contributed by atoms with Crippen LogP contribution < -0.4 is 4.57 Å². The molecule has 5 heteroatoms. The highest BCUT2D eigenvalue weighted by Gasteiger charge is 2.19. The normalized spacial score (nSPS) is 10.6. The van der Waals surface area contributed by atoms with Crippen molar-refractivity contribution in [1.82, 2.24) is 14.8 Å². The summed E-state index contributed by atoms with van der Waals surface area (Å²) in [4.78, 5) is 4.16. The predicted molar refractivity (Wildman–Crippen MR) is 75.4 cm³/mol. The number of pyridine rings is 1. The number of nitrogens with one attached hydrogen (secondary N) is 1. The molecule has 0 saturated carbocycles. The molecular weight excluding hydrogens is 256 g/mol. The lowest BCUT2D eigenvalue weighted by molar-refractivity contribution is -0.592. The van der Waals surface area contributed by atoms with Gasteiger partial charge in [-0.15, -0.1) is 4.68 Å². The van der Waals surface area contributed by atoms with Gasteiger partial charge in [0.25, 0.3) is 5.82 Å². The molecule has 0 aliphatic heterocycles. The Morgan fingerprint density at radius 3 is 2.63 bits per heavy atom. The van der Waals surface area contributed by atoms with E-state index >= 15 is 0 Å². The molecule has 0 bridgehead atoms. The fourth-order valence-electron chi connectivity index (χ4n) is 2.02. The molecule has 0 saturated heterocycles. The van der Waals surface area contributed by atoms with Crippen molar-refractivity contribution in [3.05, 3.63) is 59.6 Å². The Hall–Kier alpha value is -2.27. The molecule has 2 aromatic heterocycles. The van der Waals surface area contributed by atoms with Crippen LogP contribution in [-0.2, 0) is 7.05 Å². The summed E-state index contributed by atoms with van der Waals surface area (Å²) < 4.78 is 4.54. The maximum atomic E-state index is 5.47. The number of benzene rings is 1. The van der Waals surface area contributed by atoms with Gasteiger partial charge in [0.15, 0.2) is 0 Å². The molecule has 4 nitrogen and oxygen atoms in total. The first-order valence-corrected chi connectivity index (χ1v) is 6.35. The standard InChI is InChI=1S/C14H12N4S/c1-17-14(19)18(12-7-3-2-4-8-12)13(16-17)11-6-5-9-15-10-11/h2-10H,1H3/p+1. The number of aryl methyl sites for hydroxylation is 1. The summed E-state index contributed by atoms with van der Waals surface area (Å²) in [6.45, 7) is 0. The fraction of sp³-hybridized carbons (Fsp3) is 0.0714. The molecule has 0 radical (unpaired) electrons. The maximum Gasteiger partial charge on any atom is 0.330 e. The second-order valence-corrected chi connectivity index (χ2v) is 4.58. The van der Waals surface area contributed by atoms with Gasteiger partial charge in [0, 0.05) is 12.4 Å². The minimum absolute atomic E-state index is 0.713. The van der Waals surface area contributed by atoms with Crippen molar-refractivity contribution in [3.63, 3.8) is 0 Å². The van der Waals surface area contributed by atoms with Crippen molar-refractivity contribution in [2.45, 2.75) is 0 Å². The Bertz CT molecular complexity index is 744. The number of aromatic amines is 1. The number of hydrogen-bond donors (Lipinski definition) is 1. The van der Waals surface area contributed by atoms with Crippen molar-refractivity contribution >= 4 is 12.2 Å². The molecule has 0 amide bonds. The second-order valence-electron chi connectivity index (χ2n) is 4.21. The van der Waals surface area contributed by atoms with E-state index in [4.69, 9.17) is 12.2 Å². The third kappa shape index (κ3) is 2.08. The van der Waals surface area contributed by atoms with Gasteiger partial charge in [0.1, 0.15) is 5.69 Å². The highest BCUT2D eigenvalue weighted by Crippen LogP contribution is 2.13. The number of para-hydroxylation sites is 1. The Morgan fingerprint density at radius 1 is 1.16 bits per heavy atom. The van der Waals surface area contributed by atoms with Crippen LogP contribution in [0, 0.1) is 4.77 Å². The van der Waals surface area contributed by atoms with E-state index < -0.39 is 0 Å². The first-order chi connectivity index (χ1) is 9.27. The fourth-order valence-corrected chi connectivity index (χ4v) is 2.26. The van der Waals surface area contributed by atoms with Crippen LogP contribution in [0.4, 0.5) is 0 Å². The van der Waals surface area contributed by atoms with E-state index in [1.165, 1.54) is 0 Å². The number of aromatic nitrogens is 4. The number of hydrogen-bond acceptors (Lipinski definition) is 2. The van der Waals surface area contributed by atoms with Gasteiger partial charge in [-0.1, -0.05) is 18.2 Å². The van der Waals surface area contributed by atoms with Gasteiger partial charge in [0.05, 0.1) is 12.6 Å². The van der Waals surface area contributed by atoms with Crippen molar-refractivity contribution < 1.29 is 4.57 Å². The zero-order chi connectivity index (χ0) is 13.2. The quantitative estimate of drug-likeness (QED) is 0.573. The molecule has 0 unspecified atom stereocenters. The monoisotopic (exact) mass is 269 g/mol. The van der Waals surface area contributed by atoms with Crippen LogP contribution in [0.5, 0.6) is 0 Å². The average molecular weight is 269 g/mol. The van der Waals surface area contributed by atoms with E-state index in [-0.39, 0.29) is 0 Å². The van der Waals surface area contributed by atoms with Crippen LogP contribution in [0.15, 0.2) is 54.9 Å². The second kappa shape index (κ2) is 4.78. The molecule has 0 fully saturated rings. The highest BCUT2D eigenvalue weighted by molar-refractivity contribution is 7.71. The minimum Gasteiger partial charge on any atom is -0.264 e. The molecule has 94 valence electrons. The average Bonchev–Trinajstić information content (AvgIpc) is 2.77. The minimum atomic E-state index is 0.713. The Labute approximate surface area is 116 Å². The lowest BCUT2D eigenvalue weighted by Crippen LogP contribution is -2.33. The molecule has 1 aromatic carbocycles. The molecule has 0 aliphatic rings. The largest absolute Gasteiger partial charge is 0.330 e. The van der Waals surface area contributed by atoms with Gasteiger partial charge in [-0.3, -0.25) is 4.98 Å². The molecule has 2 heterocycles. The number of rotatable bonds is 2. The SMILES string of the molecule is Cn1[nH]c(-c2cccnc2)[n+](-c2ccccc2)c1=S. The lowest BCUT2D eigenvalue weighted by Gasteiger charge is -2.00. The first kappa shape index (κ1) is 11.8. The summed E-state index contributed by atoms with van der Waals surface area (Å²) in [6, 6.07) is 14.0. The smallest absolute Gasteiger partial charge is 0.264 e. The van der Waals surface area contributed by atoms with Gasteiger partial charge >= 0.3 is 4.77 Å². The van der Waals surface area contributed by atoms with Gasteiger partial charge < -0.3 is 0 Å². The molecule has 3 rings (SSSR count). The molecule has 0 atom stereocenters. The van der Waals surface area contributed by atoms with Crippen molar-refractivity contribution in [2.75, 3.05) is 0 Å². The van der Waals surface area contributed by atoms with E-state index in [9.17, 15) is 0 Å². The van der Waals surface area contributed by atoms with Crippen molar-refractivity contribution in [1.29, 1.82) is 0 Å². The molecular formula is C14H13N4S+. The number of H-pyrrole nitrogens is 1. The molecule has 19 heavy (non-hydrogen) atoms. The summed E-state index contributed by atoms with van der Waals surface area (Å²) in [5.74, 6) is 0.923. The predicted octanol–water partition coefficient (Wildman–Crippen LogP) is 2.42. The summed E-state index contributed by atoms with van der Waals surface area (Å²) in [6.07, 6.45) is 3.58. The molecule has 1 N–H and O–H groups in total. The van der Waals surface area contributed by atoms with Crippen LogP contribution in [0.3, 0.4) is 0 Å². The third-order valence-electron chi connectivity index (χ3n) is 2.92. The van der Waals surface area contributed by atoms with Crippen LogP contribution in [-0.4, -0.2) is 14.8 Å². The van der Waals surface area contributed by atoms with Crippen molar-refractivity contribution in [2.24, 2.45) is 7.05 Å². The van der Waals surface area contributed by atoms with Crippen LogP contribution >= 0.6 is 12.2 Å². The van der Waals surface area contributed by atoms with Gasteiger partial charge in [0.2, 0.25) is 0 Å². The van der Waals surface area contributed by atoms with E-state index in [1.807, 2.05) is 65.0 Å². The molecule has 0 spiro atoms. The van der Waals surface area contributed by atoms with E-state index in [2.05, 4.69) is 10.1 Å². The summed E-state index contributed by atoms with van der Waals surface area (Å²) in [7, 11) is 1.90. The number of nitrogens with zero attached hydrogens (tertiary/aromatic N) is 3.